The van der Waals surface area contributed by atoms with E-state index in [-0.39, 0.29) is 47.9 Å². The summed E-state index contributed by atoms with van der Waals surface area (Å²) in [6.07, 6.45) is 6.38. The van der Waals surface area contributed by atoms with Gasteiger partial charge in [-0.3, -0.25) is 9.78 Å². The summed E-state index contributed by atoms with van der Waals surface area (Å²) >= 11 is 0. The number of carbonyl (C=O) groups excluding carboxylic acids is 1. The molecule has 6 heteroatoms. The van der Waals surface area contributed by atoms with E-state index in [2.05, 4.69) is 91.4 Å². The van der Waals surface area contributed by atoms with Gasteiger partial charge in [0.15, 0.2) is 5.78 Å². The number of furan rings is 1. The summed E-state index contributed by atoms with van der Waals surface area (Å²) in [5, 5.41) is 15.7. The number of aliphatic hydroxyl groups is 1. The molecule has 0 saturated heterocycles. The SMILES string of the molecule is CC(C)(C)c1cc(-c2ncnc3c2oc2c4ccccc4ccc32)[c-]c2ccccc12.CCC(C)(CC)C(=O)/C=C(\O)C(C)(CC)CC.[Ir]. The summed E-state index contributed by atoms with van der Waals surface area (Å²) < 4.78 is 6.44. The van der Waals surface area contributed by atoms with E-state index >= 15 is 0 Å². The summed E-state index contributed by atoms with van der Waals surface area (Å²) in [5.74, 6) is 0.286. The summed E-state index contributed by atoms with van der Waals surface area (Å²) in [6, 6.07) is 26.7. The van der Waals surface area contributed by atoms with Gasteiger partial charge in [-0.1, -0.05) is 122 Å². The smallest absolute Gasteiger partial charge is 0.164 e. The Kier molecular flexibility index (Phi) is 11.6. The van der Waals surface area contributed by atoms with Gasteiger partial charge in [0.1, 0.15) is 28.8 Å². The van der Waals surface area contributed by atoms with Crippen LogP contribution in [0, 0.1) is 16.9 Å². The number of hydrogen-bond acceptors (Lipinski definition) is 5. The number of hydrogen-bond donors (Lipinski definition) is 1. The van der Waals surface area contributed by atoms with E-state index in [1.54, 1.807) is 6.33 Å². The van der Waals surface area contributed by atoms with Gasteiger partial charge >= 0.3 is 0 Å². The maximum atomic E-state index is 12.2. The fourth-order valence-corrected chi connectivity index (χ4v) is 6.16. The number of aliphatic hydroxyl groups excluding tert-OH is 1. The van der Waals surface area contributed by atoms with Crippen molar-refractivity contribution in [1.29, 1.82) is 0 Å². The predicted octanol–water partition coefficient (Wildman–Crippen LogP) is 12.1. The van der Waals surface area contributed by atoms with Crippen LogP contribution < -0.4 is 0 Å². The van der Waals surface area contributed by atoms with Crippen molar-refractivity contribution in [3.8, 4) is 11.3 Å². The van der Waals surface area contributed by atoms with Gasteiger partial charge in [0, 0.05) is 47.8 Å². The van der Waals surface area contributed by atoms with Crippen LogP contribution in [0.2, 0.25) is 0 Å². The second kappa shape index (κ2) is 14.9. The molecule has 1 radical (unpaired) electrons. The normalized spacial score (nSPS) is 12.6. The minimum Gasteiger partial charge on any atom is -0.512 e. The van der Waals surface area contributed by atoms with Crippen LogP contribution in [0.25, 0.3) is 54.9 Å². The van der Waals surface area contributed by atoms with Gasteiger partial charge in [0.25, 0.3) is 0 Å². The van der Waals surface area contributed by atoms with Crippen LogP contribution in [0.3, 0.4) is 0 Å². The first-order chi connectivity index (χ1) is 22.8. The summed E-state index contributed by atoms with van der Waals surface area (Å²) in [5.41, 5.74) is 4.76. The molecule has 49 heavy (non-hydrogen) atoms. The second-order valence-corrected chi connectivity index (χ2v) is 14.5. The van der Waals surface area contributed by atoms with Gasteiger partial charge in [-0.05, 0) is 42.6 Å². The standard InChI is InChI=1S/C28H21N2O.C15H28O2.Ir/c1-28(2,3)23-15-19(14-18-9-5-6-10-20(18)23)24-27-25(30-16-29-24)22-13-12-17-8-4-7-11-21(17)26(22)31-27;1-7-14(5,8-2)12(16)11-13(17)15(6,9-3)10-4;/h4-13,15-16H,1-3H3;11,16H,7-10H2,1-6H3;/q-1;;/b;12-11-;. The number of fused-ring (bicyclic) bond motifs is 6. The molecule has 0 unspecified atom stereocenters. The molecule has 259 valence electrons. The van der Waals surface area contributed by atoms with E-state index in [4.69, 9.17) is 4.42 Å². The number of ketones is 1. The maximum absolute atomic E-state index is 12.2. The van der Waals surface area contributed by atoms with E-state index in [0.29, 0.717) is 5.58 Å². The Labute approximate surface area is 304 Å². The van der Waals surface area contributed by atoms with Gasteiger partial charge in [-0.25, -0.2) is 4.98 Å². The predicted molar refractivity (Wildman–Crippen MR) is 200 cm³/mol. The molecule has 4 aromatic carbocycles. The van der Waals surface area contributed by atoms with Crippen LogP contribution in [0.1, 0.15) is 93.6 Å². The first kappa shape index (κ1) is 37.9. The van der Waals surface area contributed by atoms with E-state index in [1.165, 1.54) is 17.0 Å². The maximum Gasteiger partial charge on any atom is 0.164 e. The topological polar surface area (TPSA) is 76.2 Å². The van der Waals surface area contributed by atoms with Crippen molar-refractivity contribution in [2.75, 3.05) is 0 Å². The van der Waals surface area contributed by atoms with Crippen molar-refractivity contribution >= 4 is 49.4 Å². The third-order valence-electron chi connectivity index (χ3n) is 10.6. The first-order valence-corrected chi connectivity index (χ1v) is 17.3. The minimum atomic E-state index is -0.337. The molecule has 0 aliphatic carbocycles. The number of allylic oxidation sites excluding steroid dienone is 2. The van der Waals surface area contributed by atoms with Crippen molar-refractivity contribution < 1.29 is 34.4 Å². The molecule has 2 heterocycles. The molecule has 0 amide bonds. The van der Waals surface area contributed by atoms with Gasteiger partial charge < -0.3 is 9.52 Å². The van der Waals surface area contributed by atoms with Crippen LogP contribution in [0.4, 0.5) is 0 Å². The zero-order valence-electron chi connectivity index (χ0n) is 30.3. The number of nitrogens with zero attached hydrogens (tertiary/aromatic N) is 2. The molecule has 0 fully saturated rings. The minimum absolute atomic E-state index is 0. The van der Waals surface area contributed by atoms with Crippen molar-refractivity contribution in [3.05, 3.63) is 96.5 Å². The van der Waals surface area contributed by atoms with Crippen LogP contribution >= 0.6 is 0 Å². The van der Waals surface area contributed by atoms with E-state index in [1.807, 2.05) is 53.7 Å². The van der Waals surface area contributed by atoms with Crippen molar-refractivity contribution in [3.63, 3.8) is 0 Å². The molecule has 0 atom stereocenters. The Balaban J connectivity index is 0.000000260. The molecule has 0 bridgehead atoms. The van der Waals surface area contributed by atoms with Crippen LogP contribution in [-0.2, 0) is 30.3 Å². The number of carbonyl (C=O) groups is 1. The Morgan fingerprint density at radius 1 is 0.776 bits per heavy atom. The molecule has 2 aromatic heterocycles. The Morgan fingerprint density at radius 3 is 2.02 bits per heavy atom. The second-order valence-electron chi connectivity index (χ2n) is 14.5. The van der Waals surface area contributed by atoms with E-state index in [9.17, 15) is 9.90 Å². The van der Waals surface area contributed by atoms with E-state index < -0.39 is 0 Å². The average molecular weight is 834 g/mol. The quantitative estimate of drug-likeness (QED) is 0.0939. The zero-order chi connectivity index (χ0) is 34.9. The third kappa shape index (κ3) is 7.37. The monoisotopic (exact) mass is 834 g/mol. The summed E-state index contributed by atoms with van der Waals surface area (Å²) in [4.78, 5) is 21.4. The van der Waals surface area contributed by atoms with Crippen LogP contribution in [0.5, 0.6) is 0 Å². The zero-order valence-corrected chi connectivity index (χ0v) is 32.7. The average Bonchev–Trinajstić information content (AvgIpc) is 3.49. The van der Waals surface area contributed by atoms with Gasteiger partial charge in [-0.15, -0.1) is 29.1 Å². The molecule has 6 aromatic rings. The van der Waals surface area contributed by atoms with Gasteiger partial charge in [-0.2, -0.15) is 0 Å². The summed E-state index contributed by atoms with van der Waals surface area (Å²) in [7, 11) is 0. The molecular weight excluding hydrogens is 785 g/mol. The Hall–Kier alpha value is -3.86. The molecule has 0 aliphatic rings. The molecule has 0 spiro atoms. The van der Waals surface area contributed by atoms with Crippen molar-refractivity contribution in [1.82, 2.24) is 9.97 Å². The van der Waals surface area contributed by atoms with Crippen LogP contribution in [0.15, 0.2) is 89.3 Å². The fourth-order valence-electron chi connectivity index (χ4n) is 6.16. The first-order valence-electron chi connectivity index (χ1n) is 17.3. The van der Waals surface area contributed by atoms with Crippen molar-refractivity contribution in [2.45, 2.75) is 93.4 Å². The fraction of sp³-hybridized carbons (Fsp3) is 0.372. The number of aromatic nitrogens is 2. The molecule has 0 saturated carbocycles. The molecular formula is C43H49IrN2O3-. The largest absolute Gasteiger partial charge is 0.512 e. The number of benzene rings is 4. The Bertz CT molecular complexity index is 2130. The van der Waals surface area contributed by atoms with E-state index in [0.717, 1.165) is 69.6 Å². The van der Waals surface area contributed by atoms with Gasteiger partial charge in [0.05, 0.1) is 5.69 Å². The molecule has 5 nitrogen and oxygen atoms in total. The third-order valence-corrected chi connectivity index (χ3v) is 10.6. The van der Waals surface area contributed by atoms with Crippen molar-refractivity contribution in [2.24, 2.45) is 10.8 Å². The van der Waals surface area contributed by atoms with Crippen LogP contribution in [-0.4, -0.2) is 20.9 Å². The summed E-state index contributed by atoms with van der Waals surface area (Å²) in [6.45, 7) is 18.8. The molecule has 0 aliphatic heterocycles. The number of rotatable bonds is 8. The molecule has 1 N–H and O–H groups in total. The Morgan fingerprint density at radius 2 is 1.39 bits per heavy atom. The molecule has 6 rings (SSSR count). The van der Waals surface area contributed by atoms with Gasteiger partial charge in [0.2, 0.25) is 0 Å².